The number of carbonyl (C=O) groups is 2. The Hall–Kier alpha value is -1.80. The lowest BCUT2D eigenvalue weighted by atomic mass is 9.52. The van der Waals surface area contributed by atoms with Gasteiger partial charge in [0.05, 0.1) is 18.3 Å². The molecule has 0 aromatic carbocycles. The molecule has 0 spiro atoms. The molecule has 1 aromatic rings. The van der Waals surface area contributed by atoms with Crippen molar-refractivity contribution in [2.45, 2.75) is 81.4 Å². The second kappa shape index (κ2) is 11.1. The number of rotatable bonds is 9. The third kappa shape index (κ3) is 5.38. The maximum Gasteiger partial charge on any atom is 0.305 e. The number of carbonyl (C=O) groups excluding carboxylic acids is 2. The van der Waals surface area contributed by atoms with Gasteiger partial charge in [0.25, 0.3) is 5.91 Å². The van der Waals surface area contributed by atoms with Crippen LogP contribution in [0.2, 0.25) is 0 Å². The van der Waals surface area contributed by atoms with Crippen molar-refractivity contribution in [3.8, 4) is 0 Å². The maximum absolute atomic E-state index is 14.0. The quantitative estimate of drug-likeness (QED) is 0.328. The van der Waals surface area contributed by atoms with Crippen molar-refractivity contribution in [3.63, 3.8) is 0 Å². The molecule has 5 fully saturated rings. The van der Waals surface area contributed by atoms with Crippen molar-refractivity contribution in [3.05, 3.63) is 17.7 Å². The highest BCUT2D eigenvalue weighted by atomic mass is 32.2. The number of thioether (sulfide) groups is 1. The molecule has 204 valence electrons. The molecule has 7 nitrogen and oxygen atoms in total. The molecule has 1 aliphatic heterocycles. The number of nitrogens with zero attached hydrogens (tertiary/aromatic N) is 3. The molecule has 5 aliphatic rings. The second-order valence-electron chi connectivity index (χ2n) is 11.9. The number of hydrogen-bond donors (Lipinski definition) is 0. The lowest BCUT2D eigenvalue weighted by Gasteiger charge is -2.60. The normalized spacial score (nSPS) is 32.4. The Kier molecular flexibility index (Phi) is 8.06. The van der Waals surface area contributed by atoms with Gasteiger partial charge in [-0.25, -0.2) is 4.98 Å². The molecule has 4 saturated carbocycles. The molecule has 3 atom stereocenters. The Balaban J connectivity index is 1.34. The standard InChI is InChI=1S/C29H43N3O4S/c1-5-11-37-27-23(8-9-24(30-27)32-10-6-7-19(18-32)14-25(33)35-3)28(34)31(2)26-21-12-20-13-22(26)17-29(15-20,16-21)36-4/h8-9,19-22,26H,5-7,10-18H2,1-4H3/t19-,20?,21?,22?,26?,29?/m0/s1. The number of ether oxygens (including phenoxy) is 2. The summed E-state index contributed by atoms with van der Waals surface area (Å²) in [5, 5.41) is 0.837. The zero-order chi connectivity index (χ0) is 26.2. The maximum atomic E-state index is 14.0. The van der Waals surface area contributed by atoms with Crippen LogP contribution in [0.1, 0.15) is 75.1 Å². The number of amides is 1. The molecule has 6 rings (SSSR count). The number of hydrogen-bond acceptors (Lipinski definition) is 7. The zero-order valence-electron chi connectivity index (χ0n) is 22.9. The van der Waals surface area contributed by atoms with Gasteiger partial charge in [-0.15, -0.1) is 11.8 Å². The van der Waals surface area contributed by atoms with Crippen LogP contribution in [0.3, 0.4) is 0 Å². The van der Waals surface area contributed by atoms with E-state index in [0.29, 0.717) is 18.3 Å². The minimum absolute atomic E-state index is 0.0440. The van der Waals surface area contributed by atoms with Crippen molar-refractivity contribution in [2.24, 2.45) is 23.7 Å². The van der Waals surface area contributed by atoms with E-state index in [2.05, 4.69) is 16.7 Å². The van der Waals surface area contributed by atoms with Crippen LogP contribution in [-0.4, -0.2) is 73.5 Å². The van der Waals surface area contributed by atoms with Crippen LogP contribution in [-0.2, 0) is 14.3 Å². The predicted molar refractivity (Wildman–Crippen MR) is 146 cm³/mol. The summed E-state index contributed by atoms with van der Waals surface area (Å²) in [7, 11) is 5.34. The van der Waals surface area contributed by atoms with Crippen molar-refractivity contribution >= 4 is 29.5 Å². The highest BCUT2D eigenvalue weighted by molar-refractivity contribution is 7.99. The van der Waals surface area contributed by atoms with Gasteiger partial charge in [0, 0.05) is 39.7 Å². The summed E-state index contributed by atoms with van der Waals surface area (Å²) in [6.45, 7) is 3.87. The molecule has 1 saturated heterocycles. The largest absolute Gasteiger partial charge is 0.469 e. The van der Waals surface area contributed by atoms with Gasteiger partial charge in [-0.2, -0.15) is 0 Å². The molecule has 37 heavy (non-hydrogen) atoms. The molecule has 1 aromatic heterocycles. The van der Waals surface area contributed by atoms with E-state index in [4.69, 9.17) is 14.5 Å². The Morgan fingerprint density at radius 2 is 1.95 bits per heavy atom. The summed E-state index contributed by atoms with van der Waals surface area (Å²) < 4.78 is 10.9. The van der Waals surface area contributed by atoms with Gasteiger partial charge in [0.1, 0.15) is 10.8 Å². The van der Waals surface area contributed by atoms with E-state index in [0.717, 1.165) is 73.3 Å². The zero-order valence-corrected chi connectivity index (χ0v) is 23.7. The molecular formula is C29H43N3O4S. The van der Waals surface area contributed by atoms with Crippen LogP contribution in [0.15, 0.2) is 17.2 Å². The van der Waals surface area contributed by atoms with Crippen LogP contribution in [0.4, 0.5) is 5.82 Å². The number of esters is 1. The van der Waals surface area contributed by atoms with Crippen LogP contribution >= 0.6 is 11.8 Å². The number of piperidine rings is 1. The average Bonchev–Trinajstić information content (AvgIpc) is 2.90. The van der Waals surface area contributed by atoms with Crippen molar-refractivity contribution in [1.82, 2.24) is 9.88 Å². The minimum atomic E-state index is -0.149. The van der Waals surface area contributed by atoms with Gasteiger partial charge in [-0.05, 0) is 92.9 Å². The number of aromatic nitrogens is 1. The number of methoxy groups -OCH3 is 2. The van der Waals surface area contributed by atoms with E-state index < -0.39 is 0 Å². The van der Waals surface area contributed by atoms with Gasteiger partial charge >= 0.3 is 5.97 Å². The van der Waals surface area contributed by atoms with Gasteiger partial charge in [-0.1, -0.05) is 6.92 Å². The summed E-state index contributed by atoms with van der Waals surface area (Å²) in [5.74, 6) is 3.87. The van der Waals surface area contributed by atoms with Crippen LogP contribution < -0.4 is 4.90 Å². The summed E-state index contributed by atoms with van der Waals surface area (Å²) in [6.07, 6.45) is 9.32. The first-order valence-electron chi connectivity index (χ1n) is 14.1. The smallest absolute Gasteiger partial charge is 0.305 e. The Morgan fingerprint density at radius 1 is 1.19 bits per heavy atom. The molecule has 0 radical (unpaired) electrons. The fourth-order valence-electron chi connectivity index (χ4n) is 7.97. The minimum Gasteiger partial charge on any atom is -0.469 e. The van der Waals surface area contributed by atoms with Crippen LogP contribution in [0, 0.1) is 23.7 Å². The Labute approximate surface area is 226 Å². The molecule has 2 unspecified atom stereocenters. The van der Waals surface area contributed by atoms with E-state index in [1.807, 2.05) is 26.3 Å². The lowest BCUT2D eigenvalue weighted by Crippen LogP contribution is -2.62. The lowest BCUT2D eigenvalue weighted by molar-refractivity contribution is -0.168. The van der Waals surface area contributed by atoms with Gasteiger partial charge in [0.15, 0.2) is 0 Å². The van der Waals surface area contributed by atoms with Gasteiger partial charge < -0.3 is 19.3 Å². The third-order valence-electron chi connectivity index (χ3n) is 9.41. The van der Waals surface area contributed by atoms with E-state index in [-0.39, 0.29) is 29.4 Å². The number of pyridine rings is 1. The average molecular weight is 530 g/mol. The molecule has 4 bridgehead atoms. The Morgan fingerprint density at radius 3 is 2.62 bits per heavy atom. The fraction of sp³-hybridized carbons (Fsp3) is 0.759. The molecule has 4 aliphatic carbocycles. The highest BCUT2D eigenvalue weighted by Gasteiger charge is 2.57. The van der Waals surface area contributed by atoms with E-state index >= 15 is 0 Å². The van der Waals surface area contributed by atoms with Crippen LogP contribution in [0.25, 0.3) is 0 Å². The van der Waals surface area contributed by atoms with Crippen LogP contribution in [0.5, 0.6) is 0 Å². The van der Waals surface area contributed by atoms with E-state index in [9.17, 15) is 9.59 Å². The third-order valence-corrected chi connectivity index (χ3v) is 10.6. The first-order valence-corrected chi connectivity index (χ1v) is 15.1. The summed E-state index contributed by atoms with van der Waals surface area (Å²) in [4.78, 5) is 35.2. The summed E-state index contributed by atoms with van der Waals surface area (Å²) >= 11 is 1.69. The van der Waals surface area contributed by atoms with E-state index in [1.165, 1.54) is 26.4 Å². The van der Waals surface area contributed by atoms with E-state index in [1.54, 1.807) is 11.8 Å². The topological polar surface area (TPSA) is 72.0 Å². The summed E-state index contributed by atoms with van der Waals surface area (Å²) in [6, 6.07) is 4.29. The predicted octanol–water partition coefficient (Wildman–Crippen LogP) is 5.03. The van der Waals surface area contributed by atoms with Gasteiger partial charge in [0.2, 0.25) is 0 Å². The molecule has 1 amide bonds. The monoisotopic (exact) mass is 529 g/mol. The number of anilines is 1. The molecule has 2 heterocycles. The Bertz CT molecular complexity index is 987. The van der Waals surface area contributed by atoms with Crippen molar-refractivity contribution < 1.29 is 19.1 Å². The highest BCUT2D eigenvalue weighted by Crippen LogP contribution is 2.58. The molecule has 8 heteroatoms. The first-order chi connectivity index (χ1) is 17.9. The fourth-order valence-corrected chi connectivity index (χ4v) is 8.83. The molecule has 0 N–H and O–H groups in total. The SMILES string of the molecule is CCCSc1nc(N2CCC[C@@H](CC(=O)OC)C2)ccc1C(=O)N(C)C1C2CC3CC1CC(OC)(C3)C2. The second-order valence-corrected chi connectivity index (χ2v) is 13.0. The molecular weight excluding hydrogens is 486 g/mol. The summed E-state index contributed by atoms with van der Waals surface area (Å²) in [5.41, 5.74) is 0.769. The van der Waals surface area contributed by atoms with Gasteiger partial charge in [-0.3, -0.25) is 9.59 Å². The van der Waals surface area contributed by atoms with Crippen molar-refractivity contribution in [1.29, 1.82) is 0 Å². The van der Waals surface area contributed by atoms with Crippen molar-refractivity contribution in [2.75, 3.05) is 45.0 Å². The first kappa shape index (κ1) is 26.8.